The molecule has 9 nitrogen and oxygen atoms in total. The minimum Gasteiger partial charge on any atom is -0.494 e. The second-order valence-electron chi connectivity index (χ2n) is 9.20. The minimum absolute atomic E-state index is 0.131. The molecule has 3 heterocycles. The van der Waals surface area contributed by atoms with Crippen molar-refractivity contribution >= 4 is 50.1 Å². The Labute approximate surface area is 222 Å². The van der Waals surface area contributed by atoms with Crippen LogP contribution in [0.25, 0.3) is 21.0 Å². The van der Waals surface area contributed by atoms with Gasteiger partial charge in [0.2, 0.25) is 0 Å². The summed E-state index contributed by atoms with van der Waals surface area (Å²) in [6.45, 7) is 0.459. The first kappa shape index (κ1) is 25.5. The third-order valence-corrected chi connectivity index (χ3v) is 8.13. The molecule has 4 aromatic rings. The average Bonchev–Trinajstić information content (AvgIpc) is 3.34. The third kappa shape index (κ3) is 4.63. The van der Waals surface area contributed by atoms with E-state index >= 15 is 0 Å². The number of nitrogens with one attached hydrogen (secondary N) is 1. The fraction of sp³-hybridized carbons (Fsp3) is 0.286. The molecule has 1 saturated heterocycles. The van der Waals surface area contributed by atoms with E-state index in [9.17, 15) is 19.2 Å². The number of thiophene rings is 1. The van der Waals surface area contributed by atoms with Crippen molar-refractivity contribution in [2.75, 3.05) is 20.2 Å². The van der Waals surface area contributed by atoms with Crippen LogP contribution in [-0.4, -0.2) is 58.6 Å². The normalized spacial score (nSPS) is 15.5. The van der Waals surface area contributed by atoms with Crippen LogP contribution in [0.3, 0.4) is 0 Å². The highest BCUT2D eigenvalue weighted by atomic mass is 32.1. The summed E-state index contributed by atoms with van der Waals surface area (Å²) in [4.78, 5) is 53.8. The van der Waals surface area contributed by atoms with Gasteiger partial charge in [-0.25, -0.2) is 4.79 Å². The van der Waals surface area contributed by atoms with Crippen LogP contribution in [0.4, 0.5) is 4.79 Å². The van der Waals surface area contributed by atoms with Gasteiger partial charge in [-0.2, -0.15) is 0 Å². The molecular weight excluding hydrogens is 506 g/mol. The van der Waals surface area contributed by atoms with Crippen molar-refractivity contribution < 1.29 is 24.2 Å². The minimum atomic E-state index is -1.14. The number of aromatic nitrogens is 1. The number of piperidine rings is 1. The van der Waals surface area contributed by atoms with E-state index in [0.717, 1.165) is 18.2 Å². The van der Waals surface area contributed by atoms with Crippen LogP contribution in [0.5, 0.6) is 5.75 Å². The number of hydrogen-bond acceptors (Lipinski definition) is 6. The van der Waals surface area contributed by atoms with Crippen LogP contribution in [-0.2, 0) is 6.54 Å². The highest BCUT2D eigenvalue weighted by Gasteiger charge is 2.33. The van der Waals surface area contributed by atoms with Crippen LogP contribution in [0.15, 0.2) is 59.4 Å². The predicted octanol–water partition coefficient (Wildman–Crippen LogP) is 4.37. The summed E-state index contributed by atoms with van der Waals surface area (Å²) in [6.07, 6.45) is 1.24. The van der Waals surface area contributed by atoms with E-state index < -0.39 is 11.7 Å². The Morgan fingerprint density at radius 1 is 1.08 bits per heavy atom. The first-order valence-electron chi connectivity index (χ1n) is 12.4. The first-order chi connectivity index (χ1) is 18.4. The molecule has 1 aliphatic rings. The molecule has 2 aromatic carbocycles. The van der Waals surface area contributed by atoms with Crippen molar-refractivity contribution in [3.8, 4) is 5.75 Å². The zero-order chi connectivity index (χ0) is 26.8. The number of hydrogen-bond donors (Lipinski definition) is 2. The third-order valence-electron chi connectivity index (χ3n) is 6.94. The summed E-state index contributed by atoms with van der Waals surface area (Å²) >= 11 is 1.19. The van der Waals surface area contributed by atoms with Crippen molar-refractivity contribution in [3.63, 3.8) is 0 Å². The van der Waals surface area contributed by atoms with E-state index in [1.165, 1.54) is 23.0 Å². The molecule has 1 aliphatic heterocycles. The maximum Gasteiger partial charge on any atom is 0.404 e. The summed E-state index contributed by atoms with van der Waals surface area (Å²) in [5.74, 6) is -0.317. The zero-order valence-electron chi connectivity index (χ0n) is 20.8. The van der Waals surface area contributed by atoms with Gasteiger partial charge in [-0.3, -0.25) is 19.0 Å². The summed E-state index contributed by atoms with van der Waals surface area (Å²) in [7, 11) is 1.42. The van der Waals surface area contributed by atoms with Crippen molar-refractivity contribution in [1.29, 1.82) is 0 Å². The molecule has 2 aromatic heterocycles. The Balaban J connectivity index is 1.63. The lowest BCUT2D eigenvalue weighted by Crippen LogP contribution is -2.49. The number of para-hydroxylation sites is 1. The smallest absolute Gasteiger partial charge is 0.404 e. The second kappa shape index (κ2) is 10.7. The largest absolute Gasteiger partial charge is 0.494 e. The number of Topliss-reactive ketones (excluding diaryl/α,β-unsaturated/α-hetero) is 1. The molecule has 0 spiro atoms. The molecule has 38 heavy (non-hydrogen) atoms. The van der Waals surface area contributed by atoms with Gasteiger partial charge < -0.3 is 20.1 Å². The number of benzene rings is 2. The SMILES string of the molecule is COc1c(C(=O)N2CCCCC2CNC(=O)O)sc2c1c(=O)n(CC(=O)c1ccccc1)c1ccccc21. The van der Waals surface area contributed by atoms with E-state index in [1.54, 1.807) is 35.2 Å². The fourth-order valence-electron chi connectivity index (χ4n) is 5.11. The monoisotopic (exact) mass is 533 g/mol. The van der Waals surface area contributed by atoms with Crippen LogP contribution in [0, 0.1) is 0 Å². The van der Waals surface area contributed by atoms with Crippen molar-refractivity contribution in [2.45, 2.75) is 31.8 Å². The molecule has 1 atom stereocenters. The Hall–Kier alpha value is -4.18. The molecule has 0 bridgehead atoms. The quantitative estimate of drug-likeness (QED) is 0.341. The summed E-state index contributed by atoms with van der Waals surface area (Å²) < 4.78 is 7.73. The second-order valence-corrected chi connectivity index (χ2v) is 10.2. The zero-order valence-corrected chi connectivity index (χ0v) is 21.6. The maximum absolute atomic E-state index is 13.9. The highest BCUT2D eigenvalue weighted by molar-refractivity contribution is 7.22. The van der Waals surface area contributed by atoms with E-state index in [4.69, 9.17) is 9.84 Å². The molecule has 5 rings (SSSR count). The number of fused-ring (bicyclic) bond motifs is 3. The summed E-state index contributed by atoms with van der Waals surface area (Å²) in [6, 6.07) is 15.8. The predicted molar refractivity (Wildman–Crippen MR) is 146 cm³/mol. The van der Waals surface area contributed by atoms with Crippen LogP contribution >= 0.6 is 11.3 Å². The van der Waals surface area contributed by atoms with Gasteiger partial charge in [0.25, 0.3) is 11.5 Å². The number of amides is 2. The van der Waals surface area contributed by atoms with Gasteiger partial charge in [0, 0.05) is 30.1 Å². The van der Waals surface area contributed by atoms with Crippen molar-refractivity contribution in [2.24, 2.45) is 0 Å². The lowest BCUT2D eigenvalue weighted by molar-refractivity contribution is 0.0613. The van der Waals surface area contributed by atoms with Crippen LogP contribution in [0.2, 0.25) is 0 Å². The average molecular weight is 534 g/mol. The fourth-order valence-corrected chi connectivity index (χ4v) is 6.36. The Kier molecular flexibility index (Phi) is 7.15. The van der Waals surface area contributed by atoms with Crippen LogP contribution in [0.1, 0.15) is 39.3 Å². The standard InChI is InChI=1S/C28H27N3O6S/c1-37-23-22-24(38-25(23)27(34)30-14-8-7-11-18(30)15-29-28(35)36)19-12-5-6-13-20(19)31(26(22)33)16-21(32)17-9-3-2-4-10-17/h2-6,9-10,12-13,18,29H,7-8,11,14-16H2,1H3,(H,35,36). The van der Waals surface area contributed by atoms with Crippen molar-refractivity contribution in [1.82, 2.24) is 14.8 Å². The molecule has 10 heteroatoms. The van der Waals surface area contributed by atoms with Gasteiger partial charge in [0.15, 0.2) is 11.5 Å². The number of carboxylic acid groups (broad SMARTS) is 1. The summed E-state index contributed by atoms with van der Waals surface area (Å²) in [5.41, 5.74) is 0.694. The maximum atomic E-state index is 13.9. The van der Waals surface area contributed by atoms with E-state index in [2.05, 4.69) is 5.32 Å². The Morgan fingerprint density at radius 2 is 1.82 bits per heavy atom. The van der Waals surface area contributed by atoms with Gasteiger partial charge in [-0.05, 0) is 25.3 Å². The van der Waals surface area contributed by atoms with E-state index in [1.807, 2.05) is 24.3 Å². The van der Waals surface area contributed by atoms with Gasteiger partial charge in [0.05, 0.1) is 23.9 Å². The van der Waals surface area contributed by atoms with Gasteiger partial charge in [0.1, 0.15) is 10.3 Å². The van der Waals surface area contributed by atoms with Gasteiger partial charge >= 0.3 is 6.09 Å². The molecule has 2 N–H and O–H groups in total. The molecule has 2 amide bonds. The molecule has 1 unspecified atom stereocenters. The van der Waals surface area contributed by atoms with Gasteiger partial charge in [-0.15, -0.1) is 11.3 Å². The number of pyridine rings is 1. The molecular formula is C28H27N3O6S. The molecule has 0 saturated carbocycles. The molecule has 196 valence electrons. The number of methoxy groups -OCH3 is 1. The number of ether oxygens (including phenoxy) is 1. The number of nitrogens with zero attached hydrogens (tertiary/aromatic N) is 2. The molecule has 0 radical (unpaired) electrons. The lowest BCUT2D eigenvalue weighted by Gasteiger charge is -2.35. The van der Waals surface area contributed by atoms with Gasteiger partial charge in [-0.1, -0.05) is 48.5 Å². The molecule has 0 aliphatic carbocycles. The number of carbonyl (C=O) groups is 3. The summed E-state index contributed by atoms with van der Waals surface area (Å²) in [5, 5.41) is 12.5. The number of carbonyl (C=O) groups excluding carboxylic acids is 2. The van der Waals surface area contributed by atoms with Crippen LogP contribution < -0.4 is 15.6 Å². The number of rotatable bonds is 7. The molecule has 1 fully saturated rings. The topological polar surface area (TPSA) is 118 Å². The highest BCUT2D eigenvalue weighted by Crippen LogP contribution is 2.40. The van der Waals surface area contributed by atoms with E-state index in [0.29, 0.717) is 33.6 Å². The van der Waals surface area contributed by atoms with E-state index in [-0.39, 0.29) is 42.0 Å². The Morgan fingerprint density at radius 3 is 2.55 bits per heavy atom. The Bertz CT molecular complexity index is 1590. The lowest BCUT2D eigenvalue weighted by atomic mass is 10.0. The number of ketones is 1. The van der Waals surface area contributed by atoms with Crippen molar-refractivity contribution in [3.05, 3.63) is 75.4 Å². The number of likely N-dealkylation sites (tertiary alicyclic amines) is 1. The first-order valence-corrected chi connectivity index (χ1v) is 13.2.